The third-order valence-electron chi connectivity index (χ3n) is 3.40. The molecule has 0 amide bonds. The normalized spacial score (nSPS) is 11.4. The van der Waals surface area contributed by atoms with Crippen LogP contribution in [-0.2, 0) is 22.7 Å². The lowest BCUT2D eigenvalue weighted by Gasteiger charge is -2.06. The molecule has 0 atom stereocenters. The Hall–Kier alpha value is -3.06. The molecule has 1 aliphatic heterocycles. The second kappa shape index (κ2) is 8.70. The summed E-state index contributed by atoms with van der Waals surface area (Å²) in [5.74, 6) is -1.97. The molecule has 25 heavy (non-hydrogen) atoms. The van der Waals surface area contributed by atoms with Crippen LogP contribution in [0.1, 0.15) is 16.7 Å². The van der Waals surface area contributed by atoms with Crippen LogP contribution in [0.25, 0.3) is 0 Å². The van der Waals surface area contributed by atoms with Gasteiger partial charge in [0.1, 0.15) is 0 Å². The van der Waals surface area contributed by atoms with Gasteiger partial charge in [-0.25, -0.2) is 9.59 Å². The second-order valence-electron chi connectivity index (χ2n) is 5.39. The van der Waals surface area contributed by atoms with Crippen molar-refractivity contribution in [2.75, 3.05) is 6.79 Å². The van der Waals surface area contributed by atoms with Gasteiger partial charge >= 0.3 is 11.9 Å². The first-order valence-electron chi connectivity index (χ1n) is 7.56. The first kappa shape index (κ1) is 18.3. The van der Waals surface area contributed by atoms with Gasteiger partial charge in [0.2, 0.25) is 6.79 Å². The van der Waals surface area contributed by atoms with Crippen molar-refractivity contribution >= 4 is 11.9 Å². The predicted molar refractivity (Wildman–Crippen MR) is 89.6 cm³/mol. The van der Waals surface area contributed by atoms with Crippen LogP contribution < -0.4 is 14.8 Å². The Morgan fingerprint density at radius 1 is 0.920 bits per heavy atom. The molecule has 0 saturated heterocycles. The highest BCUT2D eigenvalue weighted by Gasteiger charge is 2.12. The summed E-state index contributed by atoms with van der Waals surface area (Å²) in [5.41, 5.74) is 3.79. The fraction of sp³-hybridized carbons (Fsp3) is 0.222. The zero-order valence-electron chi connectivity index (χ0n) is 13.7. The summed E-state index contributed by atoms with van der Waals surface area (Å²) in [4.78, 5) is 18.2. The topological polar surface area (TPSA) is 105 Å². The fourth-order valence-electron chi connectivity index (χ4n) is 2.11. The number of nitrogens with one attached hydrogen (secondary N) is 1. The van der Waals surface area contributed by atoms with Crippen LogP contribution in [-0.4, -0.2) is 28.9 Å². The van der Waals surface area contributed by atoms with Crippen LogP contribution in [0.15, 0.2) is 42.5 Å². The molecule has 1 heterocycles. The van der Waals surface area contributed by atoms with Crippen LogP contribution >= 0.6 is 0 Å². The van der Waals surface area contributed by atoms with Crippen molar-refractivity contribution in [3.8, 4) is 11.5 Å². The number of carbonyl (C=O) groups is 2. The van der Waals surface area contributed by atoms with E-state index in [1.54, 1.807) is 0 Å². The highest BCUT2D eigenvalue weighted by molar-refractivity contribution is 6.27. The summed E-state index contributed by atoms with van der Waals surface area (Å²) in [7, 11) is 0. The molecule has 0 aromatic heterocycles. The third kappa shape index (κ3) is 5.82. The Morgan fingerprint density at radius 3 is 2.12 bits per heavy atom. The molecular weight excluding hydrogens is 326 g/mol. The monoisotopic (exact) mass is 345 g/mol. The minimum atomic E-state index is -1.82. The van der Waals surface area contributed by atoms with Gasteiger partial charge < -0.3 is 25.0 Å². The fourth-order valence-corrected chi connectivity index (χ4v) is 2.11. The molecule has 7 nitrogen and oxygen atoms in total. The smallest absolute Gasteiger partial charge is 0.414 e. The molecule has 3 N–H and O–H groups in total. The molecule has 0 aliphatic carbocycles. The number of hydrogen-bond donors (Lipinski definition) is 3. The summed E-state index contributed by atoms with van der Waals surface area (Å²) < 4.78 is 10.7. The van der Waals surface area contributed by atoms with Crippen LogP contribution in [0.2, 0.25) is 0 Å². The van der Waals surface area contributed by atoms with E-state index in [-0.39, 0.29) is 0 Å². The quantitative estimate of drug-likeness (QED) is 0.729. The average molecular weight is 345 g/mol. The zero-order valence-corrected chi connectivity index (χ0v) is 13.7. The van der Waals surface area contributed by atoms with E-state index in [9.17, 15) is 0 Å². The molecule has 0 saturated carbocycles. The average Bonchev–Trinajstić information content (AvgIpc) is 3.05. The Labute approximate surface area is 144 Å². The van der Waals surface area contributed by atoms with Crippen LogP contribution in [0.5, 0.6) is 11.5 Å². The molecule has 0 unspecified atom stereocenters. The molecule has 7 heteroatoms. The lowest BCUT2D eigenvalue weighted by Crippen LogP contribution is -2.12. The lowest BCUT2D eigenvalue weighted by atomic mass is 10.1. The Bertz CT molecular complexity index is 730. The van der Waals surface area contributed by atoms with Crippen molar-refractivity contribution in [3.05, 3.63) is 59.2 Å². The lowest BCUT2D eigenvalue weighted by molar-refractivity contribution is -0.159. The van der Waals surface area contributed by atoms with Crippen LogP contribution in [0.4, 0.5) is 0 Å². The first-order valence-corrected chi connectivity index (χ1v) is 7.56. The van der Waals surface area contributed by atoms with Crippen LogP contribution in [0.3, 0.4) is 0 Å². The maximum atomic E-state index is 9.10. The molecule has 132 valence electrons. The first-order chi connectivity index (χ1) is 12.0. The van der Waals surface area contributed by atoms with Crippen molar-refractivity contribution in [1.29, 1.82) is 0 Å². The van der Waals surface area contributed by atoms with Gasteiger partial charge in [-0.15, -0.1) is 0 Å². The van der Waals surface area contributed by atoms with Gasteiger partial charge in [-0.2, -0.15) is 0 Å². The summed E-state index contributed by atoms with van der Waals surface area (Å²) in [5, 5.41) is 18.2. The number of hydrogen-bond acceptors (Lipinski definition) is 5. The van der Waals surface area contributed by atoms with E-state index in [2.05, 4.69) is 42.6 Å². The molecule has 2 aromatic rings. The number of aliphatic carboxylic acids is 2. The minimum absolute atomic E-state index is 0.329. The number of carboxylic acid groups (broad SMARTS) is 2. The molecule has 1 aliphatic rings. The minimum Gasteiger partial charge on any atom is -0.473 e. The molecule has 0 fully saturated rings. The SMILES string of the molecule is Cc1ccc(CNCc2ccc3c(c2)OCO3)cc1.O=C(O)C(=O)O. The number of carboxylic acids is 2. The molecular formula is C18H19NO6. The van der Waals surface area contributed by atoms with E-state index < -0.39 is 11.9 Å². The van der Waals surface area contributed by atoms with Crippen molar-refractivity contribution < 1.29 is 29.3 Å². The van der Waals surface area contributed by atoms with Crippen LogP contribution in [0, 0.1) is 6.92 Å². The molecule has 0 radical (unpaired) electrons. The van der Waals surface area contributed by atoms with E-state index in [4.69, 9.17) is 29.3 Å². The van der Waals surface area contributed by atoms with E-state index in [0.29, 0.717) is 6.79 Å². The summed E-state index contributed by atoms with van der Waals surface area (Å²) >= 11 is 0. The predicted octanol–water partition coefficient (Wildman–Crippen LogP) is 2.17. The van der Waals surface area contributed by atoms with Crippen molar-refractivity contribution in [1.82, 2.24) is 5.32 Å². The largest absolute Gasteiger partial charge is 0.473 e. The van der Waals surface area contributed by atoms with Gasteiger partial charge in [0, 0.05) is 13.1 Å². The maximum Gasteiger partial charge on any atom is 0.414 e. The Balaban J connectivity index is 0.000000326. The summed E-state index contributed by atoms with van der Waals surface area (Å²) in [6, 6.07) is 14.6. The number of ether oxygens (including phenoxy) is 2. The number of rotatable bonds is 4. The van der Waals surface area contributed by atoms with E-state index in [0.717, 1.165) is 24.6 Å². The highest BCUT2D eigenvalue weighted by atomic mass is 16.7. The molecule has 2 aromatic carbocycles. The van der Waals surface area contributed by atoms with Crippen molar-refractivity contribution in [2.45, 2.75) is 20.0 Å². The van der Waals surface area contributed by atoms with Crippen molar-refractivity contribution in [3.63, 3.8) is 0 Å². The standard InChI is InChI=1S/C16H17NO2.C2H2O4/c1-12-2-4-13(5-3-12)9-17-10-14-6-7-15-16(8-14)19-11-18-15;3-1(4)2(5)6/h2-8,17H,9-11H2,1H3;(H,3,4)(H,5,6). The van der Waals surface area contributed by atoms with Gasteiger partial charge in [0.05, 0.1) is 0 Å². The Kier molecular flexibility index (Phi) is 6.36. The third-order valence-corrected chi connectivity index (χ3v) is 3.40. The zero-order chi connectivity index (χ0) is 18.2. The van der Waals surface area contributed by atoms with Gasteiger partial charge in [0.25, 0.3) is 0 Å². The van der Waals surface area contributed by atoms with Crippen molar-refractivity contribution in [2.24, 2.45) is 0 Å². The highest BCUT2D eigenvalue weighted by Crippen LogP contribution is 2.32. The summed E-state index contributed by atoms with van der Waals surface area (Å²) in [6.07, 6.45) is 0. The Morgan fingerprint density at radius 2 is 1.48 bits per heavy atom. The van der Waals surface area contributed by atoms with Gasteiger partial charge in [-0.05, 0) is 30.2 Å². The molecule has 0 bridgehead atoms. The van der Waals surface area contributed by atoms with Gasteiger partial charge in [0.15, 0.2) is 11.5 Å². The van der Waals surface area contributed by atoms with E-state index in [1.165, 1.54) is 16.7 Å². The van der Waals surface area contributed by atoms with E-state index in [1.807, 2.05) is 12.1 Å². The number of fused-ring (bicyclic) bond motifs is 1. The summed E-state index contributed by atoms with van der Waals surface area (Å²) in [6.45, 7) is 4.12. The second-order valence-corrected chi connectivity index (χ2v) is 5.39. The van der Waals surface area contributed by atoms with Gasteiger partial charge in [-0.1, -0.05) is 35.9 Å². The van der Waals surface area contributed by atoms with E-state index >= 15 is 0 Å². The maximum absolute atomic E-state index is 9.10. The molecule has 3 rings (SSSR count). The number of benzene rings is 2. The number of aryl methyl sites for hydroxylation is 1. The van der Waals surface area contributed by atoms with Gasteiger partial charge in [-0.3, -0.25) is 0 Å². The molecule has 0 spiro atoms.